The average Bonchev–Trinajstić information content (AvgIpc) is 2.24. The molecule has 0 aromatic carbocycles. The van der Waals surface area contributed by atoms with Crippen LogP contribution < -0.4 is 0 Å². The van der Waals surface area contributed by atoms with Gasteiger partial charge in [0.25, 0.3) is 5.92 Å². The SMILES string of the molecule is COC(=O)C1(CN2CCC(F)(F)CC2)CCC1. The summed E-state index contributed by atoms with van der Waals surface area (Å²) in [4.78, 5) is 13.7. The van der Waals surface area contributed by atoms with E-state index < -0.39 is 11.3 Å². The third-order valence-corrected chi connectivity index (χ3v) is 4.04. The van der Waals surface area contributed by atoms with Crippen LogP contribution in [0.15, 0.2) is 0 Å². The van der Waals surface area contributed by atoms with E-state index in [9.17, 15) is 13.6 Å². The molecule has 2 aliphatic rings. The summed E-state index contributed by atoms with van der Waals surface area (Å²) in [5.74, 6) is -2.70. The molecule has 0 unspecified atom stereocenters. The molecule has 0 radical (unpaired) electrons. The number of carbonyl (C=O) groups excluding carboxylic acids is 1. The molecule has 0 atom stereocenters. The summed E-state index contributed by atoms with van der Waals surface area (Å²) < 4.78 is 30.9. The van der Waals surface area contributed by atoms with Gasteiger partial charge in [-0.15, -0.1) is 0 Å². The van der Waals surface area contributed by atoms with Gasteiger partial charge in [0.15, 0.2) is 0 Å². The van der Waals surface area contributed by atoms with Gasteiger partial charge in [-0.3, -0.25) is 4.79 Å². The maximum absolute atomic E-state index is 13.0. The van der Waals surface area contributed by atoms with Crippen molar-refractivity contribution in [3.63, 3.8) is 0 Å². The van der Waals surface area contributed by atoms with E-state index >= 15 is 0 Å². The maximum Gasteiger partial charge on any atom is 0.313 e. The normalized spacial score (nSPS) is 27.2. The van der Waals surface area contributed by atoms with Crippen LogP contribution in [-0.2, 0) is 9.53 Å². The third kappa shape index (κ3) is 2.59. The minimum Gasteiger partial charge on any atom is -0.469 e. The highest BCUT2D eigenvalue weighted by atomic mass is 19.3. The van der Waals surface area contributed by atoms with Crippen LogP contribution in [-0.4, -0.2) is 43.5 Å². The molecule has 0 spiro atoms. The number of hydrogen-bond donors (Lipinski definition) is 0. The Kier molecular flexibility index (Phi) is 3.39. The van der Waals surface area contributed by atoms with Crippen LogP contribution in [0, 0.1) is 5.41 Å². The molecular weight excluding hydrogens is 228 g/mol. The summed E-state index contributed by atoms with van der Waals surface area (Å²) in [6, 6.07) is 0. The second-order valence-corrected chi connectivity index (χ2v) is 5.26. The number of piperidine rings is 1. The fourth-order valence-corrected chi connectivity index (χ4v) is 2.71. The van der Waals surface area contributed by atoms with Crippen molar-refractivity contribution in [3.05, 3.63) is 0 Å². The number of esters is 1. The molecule has 1 saturated carbocycles. The number of ether oxygens (including phenoxy) is 1. The fraction of sp³-hybridized carbons (Fsp3) is 0.917. The molecule has 0 aromatic rings. The van der Waals surface area contributed by atoms with E-state index in [0.717, 1.165) is 19.3 Å². The van der Waals surface area contributed by atoms with Gasteiger partial charge in [-0.2, -0.15) is 0 Å². The second-order valence-electron chi connectivity index (χ2n) is 5.26. The highest BCUT2D eigenvalue weighted by Gasteiger charge is 2.47. The zero-order valence-electron chi connectivity index (χ0n) is 10.2. The number of likely N-dealkylation sites (tertiary alicyclic amines) is 1. The fourth-order valence-electron chi connectivity index (χ4n) is 2.71. The summed E-state index contributed by atoms with van der Waals surface area (Å²) in [6.07, 6.45) is 2.49. The van der Waals surface area contributed by atoms with Crippen molar-refractivity contribution in [1.29, 1.82) is 0 Å². The van der Waals surface area contributed by atoms with Crippen molar-refractivity contribution in [2.24, 2.45) is 5.41 Å². The average molecular weight is 247 g/mol. The predicted octanol–water partition coefficient (Wildman–Crippen LogP) is 2.06. The van der Waals surface area contributed by atoms with Crippen LogP contribution in [0.2, 0.25) is 0 Å². The number of alkyl halides is 2. The highest BCUT2D eigenvalue weighted by molar-refractivity contribution is 5.78. The molecule has 0 aromatic heterocycles. The molecule has 0 amide bonds. The largest absolute Gasteiger partial charge is 0.469 e. The first kappa shape index (κ1) is 12.7. The molecule has 0 N–H and O–H groups in total. The van der Waals surface area contributed by atoms with Gasteiger partial charge in [-0.05, 0) is 12.8 Å². The maximum atomic E-state index is 13.0. The summed E-state index contributed by atoms with van der Waals surface area (Å²) in [6.45, 7) is 1.34. The lowest BCUT2D eigenvalue weighted by molar-refractivity contribution is -0.161. The van der Waals surface area contributed by atoms with Crippen molar-refractivity contribution in [3.8, 4) is 0 Å². The Morgan fingerprint density at radius 1 is 1.24 bits per heavy atom. The summed E-state index contributed by atoms with van der Waals surface area (Å²) in [5.41, 5.74) is -0.415. The molecule has 1 aliphatic heterocycles. The van der Waals surface area contributed by atoms with Crippen LogP contribution in [0.4, 0.5) is 8.78 Å². The Labute approximate surface area is 100 Å². The molecule has 1 aliphatic carbocycles. The number of halogens is 2. The van der Waals surface area contributed by atoms with Gasteiger partial charge in [0.1, 0.15) is 0 Å². The van der Waals surface area contributed by atoms with E-state index in [4.69, 9.17) is 4.74 Å². The molecule has 2 rings (SSSR count). The standard InChI is InChI=1S/C12H19F2NO2/c1-17-10(16)11(3-2-4-11)9-15-7-5-12(13,14)6-8-15/h2-9H2,1H3. The van der Waals surface area contributed by atoms with Crippen LogP contribution in [0.1, 0.15) is 32.1 Å². The van der Waals surface area contributed by atoms with Gasteiger partial charge in [0.05, 0.1) is 12.5 Å². The monoisotopic (exact) mass is 247 g/mol. The van der Waals surface area contributed by atoms with E-state index in [1.807, 2.05) is 4.90 Å². The molecule has 0 bridgehead atoms. The first-order chi connectivity index (χ1) is 7.97. The van der Waals surface area contributed by atoms with Crippen LogP contribution in [0.25, 0.3) is 0 Å². The number of nitrogens with zero attached hydrogens (tertiary/aromatic N) is 1. The van der Waals surface area contributed by atoms with Gasteiger partial charge in [-0.25, -0.2) is 8.78 Å². The number of methoxy groups -OCH3 is 1. The van der Waals surface area contributed by atoms with Crippen molar-refractivity contribution in [1.82, 2.24) is 4.90 Å². The Balaban J connectivity index is 1.90. The minimum absolute atomic E-state index is 0.0930. The summed E-state index contributed by atoms with van der Waals surface area (Å²) >= 11 is 0. The lowest BCUT2D eigenvalue weighted by Crippen LogP contribution is -2.51. The van der Waals surface area contributed by atoms with Crippen molar-refractivity contribution >= 4 is 5.97 Å². The Bertz CT molecular complexity index is 293. The second kappa shape index (κ2) is 4.52. The van der Waals surface area contributed by atoms with E-state index in [1.165, 1.54) is 7.11 Å². The molecule has 2 fully saturated rings. The van der Waals surface area contributed by atoms with E-state index in [2.05, 4.69) is 0 Å². The van der Waals surface area contributed by atoms with Gasteiger partial charge in [-0.1, -0.05) is 6.42 Å². The first-order valence-electron chi connectivity index (χ1n) is 6.16. The predicted molar refractivity (Wildman–Crippen MR) is 58.9 cm³/mol. The minimum atomic E-state index is -2.52. The third-order valence-electron chi connectivity index (χ3n) is 4.04. The number of carbonyl (C=O) groups is 1. The molecule has 98 valence electrons. The van der Waals surface area contributed by atoms with Gasteiger partial charge < -0.3 is 9.64 Å². The smallest absolute Gasteiger partial charge is 0.313 e. The number of hydrogen-bond acceptors (Lipinski definition) is 3. The molecule has 1 heterocycles. The Hall–Kier alpha value is -0.710. The van der Waals surface area contributed by atoms with Crippen molar-refractivity contribution in [2.75, 3.05) is 26.7 Å². The van der Waals surface area contributed by atoms with Crippen molar-refractivity contribution in [2.45, 2.75) is 38.0 Å². The molecule has 1 saturated heterocycles. The highest BCUT2D eigenvalue weighted by Crippen LogP contribution is 2.43. The summed E-state index contributed by atoms with van der Waals surface area (Å²) in [5, 5.41) is 0. The van der Waals surface area contributed by atoms with Gasteiger partial charge >= 0.3 is 5.97 Å². The van der Waals surface area contributed by atoms with E-state index in [0.29, 0.717) is 19.6 Å². The van der Waals surface area contributed by atoms with Gasteiger partial charge in [0, 0.05) is 32.5 Å². The van der Waals surface area contributed by atoms with E-state index in [-0.39, 0.29) is 18.8 Å². The Morgan fingerprint density at radius 3 is 2.24 bits per heavy atom. The molecule has 5 heteroatoms. The zero-order valence-corrected chi connectivity index (χ0v) is 10.2. The van der Waals surface area contributed by atoms with E-state index in [1.54, 1.807) is 0 Å². The van der Waals surface area contributed by atoms with Gasteiger partial charge in [0.2, 0.25) is 0 Å². The molecule has 17 heavy (non-hydrogen) atoms. The first-order valence-corrected chi connectivity index (χ1v) is 6.16. The van der Waals surface area contributed by atoms with Crippen LogP contribution in [0.5, 0.6) is 0 Å². The zero-order chi connectivity index (χ0) is 12.5. The molecular formula is C12H19F2NO2. The van der Waals surface area contributed by atoms with Crippen LogP contribution >= 0.6 is 0 Å². The summed E-state index contributed by atoms with van der Waals surface area (Å²) in [7, 11) is 1.40. The Morgan fingerprint density at radius 2 is 1.82 bits per heavy atom. The topological polar surface area (TPSA) is 29.5 Å². The molecule has 3 nitrogen and oxygen atoms in total. The quantitative estimate of drug-likeness (QED) is 0.715. The lowest BCUT2D eigenvalue weighted by Gasteiger charge is -2.44. The van der Waals surface area contributed by atoms with Crippen molar-refractivity contribution < 1.29 is 18.3 Å². The lowest BCUT2D eigenvalue weighted by atomic mass is 9.68. The number of rotatable bonds is 3. The van der Waals surface area contributed by atoms with Crippen LogP contribution in [0.3, 0.4) is 0 Å².